The smallest absolute Gasteiger partial charge is 0.328 e. The highest BCUT2D eigenvalue weighted by atomic mass is 16.4. The molecular weight excluding hydrogens is 196 g/mol. The fourth-order valence-corrected chi connectivity index (χ4v) is 1.18. The zero-order valence-electron chi connectivity index (χ0n) is 7.88. The van der Waals surface area contributed by atoms with Crippen LogP contribution in [0.15, 0.2) is 30.3 Å². The van der Waals surface area contributed by atoms with Gasteiger partial charge < -0.3 is 10.2 Å². The summed E-state index contributed by atoms with van der Waals surface area (Å²) >= 11 is 0. The Morgan fingerprint density at radius 1 is 1.20 bits per heavy atom. The predicted molar refractivity (Wildman–Crippen MR) is 54.5 cm³/mol. The zero-order valence-corrected chi connectivity index (χ0v) is 7.88. The molecule has 0 aliphatic rings. The summed E-state index contributed by atoms with van der Waals surface area (Å²) in [6.07, 6.45) is 2.27. The van der Waals surface area contributed by atoms with Crippen molar-refractivity contribution in [3.05, 3.63) is 41.5 Å². The van der Waals surface area contributed by atoms with E-state index < -0.39 is 11.9 Å². The van der Waals surface area contributed by atoms with Crippen molar-refractivity contribution in [3.8, 4) is 0 Å². The Balaban J connectivity index is 2.95. The quantitative estimate of drug-likeness (QED) is 0.730. The molecular formula is C11H10O4. The SMILES string of the molecule is O=C(O)/C=C/c1ccccc1CC(=O)O. The van der Waals surface area contributed by atoms with Gasteiger partial charge in [0.15, 0.2) is 0 Å². The van der Waals surface area contributed by atoms with Gasteiger partial charge in [-0.1, -0.05) is 24.3 Å². The van der Waals surface area contributed by atoms with Crippen molar-refractivity contribution < 1.29 is 19.8 Å². The van der Waals surface area contributed by atoms with Gasteiger partial charge in [0.25, 0.3) is 0 Å². The molecule has 2 N–H and O–H groups in total. The number of hydrogen-bond acceptors (Lipinski definition) is 2. The van der Waals surface area contributed by atoms with Crippen LogP contribution in [-0.2, 0) is 16.0 Å². The van der Waals surface area contributed by atoms with Crippen LogP contribution >= 0.6 is 0 Å². The summed E-state index contributed by atoms with van der Waals surface area (Å²) in [6.45, 7) is 0. The lowest BCUT2D eigenvalue weighted by atomic mass is 10.0. The Morgan fingerprint density at radius 2 is 1.87 bits per heavy atom. The minimum atomic E-state index is -1.06. The van der Waals surface area contributed by atoms with Crippen LogP contribution in [0.2, 0.25) is 0 Å². The topological polar surface area (TPSA) is 74.6 Å². The minimum Gasteiger partial charge on any atom is -0.481 e. The molecule has 0 unspecified atom stereocenters. The van der Waals surface area contributed by atoms with Crippen LogP contribution in [0.3, 0.4) is 0 Å². The molecule has 0 saturated carbocycles. The molecule has 0 aliphatic heterocycles. The van der Waals surface area contributed by atoms with Gasteiger partial charge >= 0.3 is 11.9 Å². The van der Waals surface area contributed by atoms with Gasteiger partial charge in [-0.25, -0.2) is 4.79 Å². The van der Waals surface area contributed by atoms with Crippen LogP contribution in [0.1, 0.15) is 11.1 Å². The Bertz CT molecular complexity index is 407. The van der Waals surface area contributed by atoms with E-state index in [1.165, 1.54) is 6.08 Å². The van der Waals surface area contributed by atoms with E-state index in [1.807, 2.05) is 0 Å². The van der Waals surface area contributed by atoms with Crippen molar-refractivity contribution in [2.75, 3.05) is 0 Å². The summed E-state index contributed by atoms with van der Waals surface area (Å²) in [5.74, 6) is -1.99. The molecule has 1 aromatic rings. The van der Waals surface area contributed by atoms with Crippen LogP contribution in [0.25, 0.3) is 6.08 Å². The highest BCUT2D eigenvalue weighted by Gasteiger charge is 2.03. The molecule has 0 bridgehead atoms. The van der Waals surface area contributed by atoms with E-state index in [1.54, 1.807) is 24.3 Å². The van der Waals surface area contributed by atoms with Gasteiger partial charge in [-0.2, -0.15) is 0 Å². The number of carboxylic acids is 2. The van der Waals surface area contributed by atoms with E-state index in [4.69, 9.17) is 10.2 Å². The molecule has 4 heteroatoms. The lowest BCUT2D eigenvalue weighted by molar-refractivity contribution is -0.136. The van der Waals surface area contributed by atoms with E-state index >= 15 is 0 Å². The third kappa shape index (κ3) is 3.64. The lowest BCUT2D eigenvalue weighted by Gasteiger charge is -2.01. The Labute approximate surface area is 86.5 Å². The van der Waals surface area contributed by atoms with Crippen LogP contribution < -0.4 is 0 Å². The van der Waals surface area contributed by atoms with Crippen molar-refractivity contribution in [3.63, 3.8) is 0 Å². The van der Waals surface area contributed by atoms with E-state index in [0.717, 1.165) is 6.08 Å². The molecule has 0 fully saturated rings. The second-order valence-corrected chi connectivity index (χ2v) is 2.94. The normalized spacial score (nSPS) is 10.4. The summed E-state index contributed by atoms with van der Waals surface area (Å²) in [5.41, 5.74) is 1.21. The van der Waals surface area contributed by atoms with Crippen molar-refractivity contribution in [2.45, 2.75) is 6.42 Å². The lowest BCUT2D eigenvalue weighted by Crippen LogP contribution is -2.01. The van der Waals surface area contributed by atoms with Crippen molar-refractivity contribution in [1.82, 2.24) is 0 Å². The first kappa shape index (κ1) is 11.0. The van der Waals surface area contributed by atoms with E-state index in [0.29, 0.717) is 11.1 Å². The first-order valence-corrected chi connectivity index (χ1v) is 4.30. The molecule has 4 nitrogen and oxygen atoms in total. The second kappa shape index (κ2) is 4.95. The highest BCUT2D eigenvalue weighted by molar-refractivity contribution is 5.86. The van der Waals surface area contributed by atoms with E-state index in [-0.39, 0.29) is 6.42 Å². The summed E-state index contributed by atoms with van der Waals surface area (Å²) < 4.78 is 0. The highest BCUT2D eigenvalue weighted by Crippen LogP contribution is 2.11. The molecule has 0 saturated heterocycles. The molecule has 15 heavy (non-hydrogen) atoms. The summed E-state index contributed by atoms with van der Waals surface area (Å²) in [4.78, 5) is 20.8. The van der Waals surface area contributed by atoms with Gasteiger partial charge in [0.05, 0.1) is 6.42 Å². The number of rotatable bonds is 4. The molecule has 0 atom stereocenters. The maximum atomic E-state index is 10.5. The van der Waals surface area contributed by atoms with Crippen LogP contribution in [0, 0.1) is 0 Å². The Kier molecular flexibility index (Phi) is 3.62. The minimum absolute atomic E-state index is 0.111. The average molecular weight is 206 g/mol. The molecule has 1 aromatic carbocycles. The van der Waals surface area contributed by atoms with Gasteiger partial charge in [-0.05, 0) is 17.2 Å². The molecule has 0 heterocycles. The maximum Gasteiger partial charge on any atom is 0.328 e. The van der Waals surface area contributed by atoms with E-state index in [9.17, 15) is 9.59 Å². The third-order valence-corrected chi connectivity index (χ3v) is 1.80. The molecule has 0 radical (unpaired) electrons. The number of carbonyl (C=O) groups is 2. The third-order valence-electron chi connectivity index (χ3n) is 1.80. The van der Waals surface area contributed by atoms with Crippen LogP contribution in [-0.4, -0.2) is 22.2 Å². The summed E-state index contributed by atoms with van der Waals surface area (Å²) in [6, 6.07) is 6.79. The Morgan fingerprint density at radius 3 is 2.47 bits per heavy atom. The van der Waals surface area contributed by atoms with Crippen molar-refractivity contribution in [1.29, 1.82) is 0 Å². The molecule has 0 aliphatic carbocycles. The van der Waals surface area contributed by atoms with Gasteiger partial charge in [-0.15, -0.1) is 0 Å². The number of hydrogen-bond donors (Lipinski definition) is 2. The van der Waals surface area contributed by atoms with Crippen LogP contribution in [0.5, 0.6) is 0 Å². The molecule has 0 amide bonds. The van der Waals surface area contributed by atoms with Crippen molar-refractivity contribution >= 4 is 18.0 Å². The van der Waals surface area contributed by atoms with Crippen molar-refractivity contribution in [2.24, 2.45) is 0 Å². The number of aliphatic carboxylic acids is 2. The molecule has 0 aromatic heterocycles. The molecule has 78 valence electrons. The maximum absolute atomic E-state index is 10.5. The first-order chi connectivity index (χ1) is 7.09. The standard InChI is InChI=1S/C11H10O4/c12-10(13)6-5-8-3-1-2-4-9(8)7-11(14)15/h1-6H,7H2,(H,12,13)(H,14,15)/b6-5+. The van der Waals surface area contributed by atoms with Gasteiger partial charge in [-0.3, -0.25) is 4.79 Å². The number of carboxylic acid groups (broad SMARTS) is 2. The zero-order chi connectivity index (χ0) is 11.3. The summed E-state index contributed by atoms with van der Waals surface area (Å²) in [5, 5.41) is 17.1. The fraction of sp³-hybridized carbons (Fsp3) is 0.0909. The fourth-order valence-electron chi connectivity index (χ4n) is 1.18. The summed E-state index contributed by atoms with van der Waals surface area (Å²) in [7, 11) is 0. The first-order valence-electron chi connectivity index (χ1n) is 4.30. The largest absolute Gasteiger partial charge is 0.481 e. The van der Waals surface area contributed by atoms with Gasteiger partial charge in [0.2, 0.25) is 0 Å². The van der Waals surface area contributed by atoms with Crippen LogP contribution in [0.4, 0.5) is 0 Å². The Hall–Kier alpha value is -2.10. The predicted octanol–water partition coefficient (Wildman–Crippen LogP) is 1.41. The molecule has 0 spiro atoms. The van der Waals surface area contributed by atoms with E-state index in [2.05, 4.69) is 0 Å². The number of benzene rings is 1. The van der Waals surface area contributed by atoms with Gasteiger partial charge in [0, 0.05) is 6.08 Å². The van der Waals surface area contributed by atoms with Gasteiger partial charge in [0.1, 0.15) is 0 Å². The monoisotopic (exact) mass is 206 g/mol. The average Bonchev–Trinajstić information content (AvgIpc) is 2.15. The molecule has 1 rings (SSSR count). The second-order valence-electron chi connectivity index (χ2n) is 2.94.